The second-order valence-electron chi connectivity index (χ2n) is 4.43. The zero-order valence-electron chi connectivity index (χ0n) is 9.96. The van der Waals surface area contributed by atoms with Gasteiger partial charge >= 0.3 is 0 Å². The Hall–Kier alpha value is -1.40. The zero-order chi connectivity index (χ0) is 12.4. The number of ether oxygens (including phenoxy) is 1. The van der Waals surface area contributed by atoms with Crippen molar-refractivity contribution < 1.29 is 9.53 Å². The number of hydrogen-bond donors (Lipinski definition) is 1. The summed E-state index contributed by atoms with van der Waals surface area (Å²) in [5, 5.41) is 4.95. The molecule has 0 saturated carbocycles. The summed E-state index contributed by atoms with van der Waals surface area (Å²) in [6, 6.07) is 0. The summed E-state index contributed by atoms with van der Waals surface area (Å²) < 4.78 is 7.22. The number of carbonyl (C=O) groups is 1. The standard InChI is InChI=1S/C12H15N3O2S/c16-11(9-1-4-17-5-2-9)13-7-10-8-15-3-6-18-12(15)14-10/h3,6,8-9H,1-2,4-5,7H2,(H,13,16). The second kappa shape index (κ2) is 5.07. The van der Waals surface area contributed by atoms with Crippen molar-refractivity contribution in [3.05, 3.63) is 23.5 Å². The van der Waals surface area contributed by atoms with Crippen LogP contribution in [0.5, 0.6) is 0 Å². The van der Waals surface area contributed by atoms with Crippen LogP contribution in [0.1, 0.15) is 18.5 Å². The van der Waals surface area contributed by atoms with Crippen molar-refractivity contribution in [2.45, 2.75) is 19.4 Å². The van der Waals surface area contributed by atoms with Crippen molar-refractivity contribution in [1.82, 2.24) is 14.7 Å². The number of fused-ring (bicyclic) bond motifs is 1. The Balaban J connectivity index is 1.57. The van der Waals surface area contributed by atoms with Gasteiger partial charge in [0.2, 0.25) is 5.91 Å². The lowest BCUT2D eigenvalue weighted by Crippen LogP contribution is -2.33. The quantitative estimate of drug-likeness (QED) is 0.913. The van der Waals surface area contributed by atoms with Crippen LogP contribution < -0.4 is 5.32 Å². The van der Waals surface area contributed by atoms with E-state index in [0.29, 0.717) is 19.8 Å². The summed E-state index contributed by atoms with van der Waals surface area (Å²) in [6.45, 7) is 1.89. The number of thiazole rings is 1. The third-order valence-corrected chi connectivity index (χ3v) is 3.95. The van der Waals surface area contributed by atoms with Gasteiger partial charge in [-0.05, 0) is 12.8 Å². The zero-order valence-corrected chi connectivity index (χ0v) is 10.8. The molecule has 6 heteroatoms. The van der Waals surface area contributed by atoms with Crippen LogP contribution in [0.25, 0.3) is 4.96 Å². The first-order chi connectivity index (χ1) is 8.83. The van der Waals surface area contributed by atoms with Crippen LogP contribution in [0.3, 0.4) is 0 Å². The maximum Gasteiger partial charge on any atom is 0.223 e. The Labute approximate surface area is 109 Å². The van der Waals surface area contributed by atoms with Gasteiger partial charge in [0.05, 0.1) is 12.2 Å². The normalized spacial score (nSPS) is 17.1. The van der Waals surface area contributed by atoms with Crippen LogP contribution in [0, 0.1) is 5.92 Å². The Morgan fingerprint density at radius 2 is 2.39 bits per heavy atom. The molecule has 0 atom stereocenters. The predicted molar refractivity (Wildman–Crippen MR) is 68.5 cm³/mol. The number of nitrogens with one attached hydrogen (secondary N) is 1. The predicted octanol–water partition coefficient (Wildman–Crippen LogP) is 1.44. The molecule has 0 unspecified atom stereocenters. The first kappa shape index (κ1) is 11.7. The van der Waals surface area contributed by atoms with Crippen LogP contribution in [-0.4, -0.2) is 28.5 Å². The minimum Gasteiger partial charge on any atom is -0.381 e. The molecule has 5 nitrogen and oxygen atoms in total. The maximum atomic E-state index is 11.9. The lowest BCUT2D eigenvalue weighted by atomic mass is 9.99. The number of rotatable bonds is 3. The minimum atomic E-state index is 0.0995. The molecule has 1 amide bonds. The van der Waals surface area contributed by atoms with Gasteiger partial charge in [-0.1, -0.05) is 0 Å². The van der Waals surface area contributed by atoms with Gasteiger partial charge in [-0.25, -0.2) is 4.98 Å². The Morgan fingerprint density at radius 3 is 3.17 bits per heavy atom. The monoisotopic (exact) mass is 265 g/mol. The Kier molecular flexibility index (Phi) is 3.29. The highest BCUT2D eigenvalue weighted by Crippen LogP contribution is 2.15. The first-order valence-corrected chi connectivity index (χ1v) is 6.97. The molecule has 18 heavy (non-hydrogen) atoms. The van der Waals surface area contributed by atoms with Gasteiger partial charge in [0.25, 0.3) is 0 Å². The molecule has 2 aromatic heterocycles. The van der Waals surface area contributed by atoms with Gasteiger partial charge in [0.1, 0.15) is 0 Å². The molecule has 0 aliphatic carbocycles. The number of aromatic nitrogens is 2. The van der Waals surface area contributed by atoms with Crippen molar-refractivity contribution in [2.24, 2.45) is 5.92 Å². The van der Waals surface area contributed by atoms with Crippen molar-refractivity contribution in [2.75, 3.05) is 13.2 Å². The molecule has 0 spiro atoms. The van der Waals surface area contributed by atoms with E-state index < -0.39 is 0 Å². The van der Waals surface area contributed by atoms with Gasteiger partial charge in [-0.2, -0.15) is 0 Å². The summed E-state index contributed by atoms with van der Waals surface area (Å²) in [7, 11) is 0. The Morgan fingerprint density at radius 1 is 1.56 bits per heavy atom. The van der Waals surface area contributed by atoms with Crippen LogP contribution in [-0.2, 0) is 16.1 Å². The molecule has 3 rings (SSSR count). The molecule has 1 aliphatic rings. The molecule has 1 N–H and O–H groups in total. The number of hydrogen-bond acceptors (Lipinski definition) is 4. The summed E-state index contributed by atoms with van der Waals surface area (Å²) in [4.78, 5) is 17.3. The fraction of sp³-hybridized carbons (Fsp3) is 0.500. The molecular weight excluding hydrogens is 250 g/mol. The van der Waals surface area contributed by atoms with Crippen molar-refractivity contribution in [3.63, 3.8) is 0 Å². The molecule has 0 bridgehead atoms. The van der Waals surface area contributed by atoms with E-state index in [1.165, 1.54) is 0 Å². The van der Waals surface area contributed by atoms with Crippen LogP contribution in [0.4, 0.5) is 0 Å². The summed E-state index contributed by atoms with van der Waals surface area (Å²) in [5.74, 6) is 0.220. The topological polar surface area (TPSA) is 55.6 Å². The SMILES string of the molecule is O=C(NCc1cn2ccsc2n1)C1CCOCC1. The molecule has 96 valence electrons. The first-order valence-electron chi connectivity index (χ1n) is 6.09. The van der Waals surface area contributed by atoms with E-state index in [2.05, 4.69) is 10.3 Å². The number of amides is 1. The van der Waals surface area contributed by atoms with Crippen LogP contribution >= 0.6 is 11.3 Å². The smallest absolute Gasteiger partial charge is 0.223 e. The minimum absolute atomic E-state index is 0.0995. The second-order valence-corrected chi connectivity index (χ2v) is 5.30. The highest BCUT2D eigenvalue weighted by molar-refractivity contribution is 7.15. The van der Waals surface area contributed by atoms with Gasteiger partial charge in [0.15, 0.2) is 4.96 Å². The number of imidazole rings is 1. The van der Waals surface area contributed by atoms with Crippen molar-refractivity contribution >= 4 is 22.2 Å². The van der Waals surface area contributed by atoms with Crippen LogP contribution in [0.2, 0.25) is 0 Å². The van der Waals surface area contributed by atoms with E-state index in [4.69, 9.17) is 4.74 Å². The number of nitrogens with zero attached hydrogens (tertiary/aromatic N) is 2. The lowest BCUT2D eigenvalue weighted by molar-refractivity contribution is -0.128. The summed E-state index contributed by atoms with van der Waals surface area (Å²) in [5.41, 5.74) is 0.905. The molecule has 3 heterocycles. The molecular formula is C12H15N3O2S. The highest BCUT2D eigenvalue weighted by atomic mass is 32.1. The van der Waals surface area contributed by atoms with Gasteiger partial charge in [0, 0.05) is 36.9 Å². The molecule has 1 aliphatic heterocycles. The van der Waals surface area contributed by atoms with Gasteiger partial charge in [-0.15, -0.1) is 11.3 Å². The average Bonchev–Trinajstić information content (AvgIpc) is 2.97. The van der Waals surface area contributed by atoms with Crippen LogP contribution in [0.15, 0.2) is 17.8 Å². The average molecular weight is 265 g/mol. The molecule has 1 fully saturated rings. The largest absolute Gasteiger partial charge is 0.381 e. The van der Waals surface area contributed by atoms with E-state index in [9.17, 15) is 4.79 Å². The fourth-order valence-corrected chi connectivity index (χ4v) is 2.86. The molecule has 1 saturated heterocycles. The lowest BCUT2D eigenvalue weighted by Gasteiger charge is -2.20. The Bertz CT molecular complexity index is 514. The van der Waals surface area contributed by atoms with E-state index in [1.54, 1.807) is 11.3 Å². The molecule has 0 radical (unpaired) electrons. The van der Waals surface area contributed by atoms with E-state index in [1.807, 2.05) is 22.2 Å². The van der Waals surface area contributed by atoms with Crippen molar-refractivity contribution in [1.29, 1.82) is 0 Å². The van der Waals surface area contributed by atoms with E-state index in [0.717, 1.165) is 23.5 Å². The van der Waals surface area contributed by atoms with Crippen molar-refractivity contribution in [3.8, 4) is 0 Å². The third kappa shape index (κ3) is 2.39. The van der Waals surface area contributed by atoms with E-state index >= 15 is 0 Å². The summed E-state index contributed by atoms with van der Waals surface area (Å²) in [6.07, 6.45) is 5.57. The van der Waals surface area contributed by atoms with Gasteiger partial charge in [-0.3, -0.25) is 9.20 Å². The third-order valence-electron chi connectivity index (χ3n) is 3.18. The van der Waals surface area contributed by atoms with Gasteiger partial charge < -0.3 is 10.1 Å². The van der Waals surface area contributed by atoms with E-state index in [-0.39, 0.29) is 11.8 Å². The summed E-state index contributed by atoms with van der Waals surface area (Å²) >= 11 is 1.59. The molecule has 0 aromatic carbocycles. The fourth-order valence-electron chi connectivity index (χ4n) is 2.14. The number of carbonyl (C=O) groups excluding carboxylic acids is 1. The molecule has 2 aromatic rings. The highest BCUT2D eigenvalue weighted by Gasteiger charge is 2.21. The maximum absolute atomic E-state index is 11.9.